The summed E-state index contributed by atoms with van der Waals surface area (Å²) in [7, 11) is 0. The van der Waals surface area contributed by atoms with Gasteiger partial charge in [-0.1, -0.05) is 42.9 Å². The summed E-state index contributed by atoms with van der Waals surface area (Å²) in [4.78, 5) is 5.76. The Bertz CT molecular complexity index is 717. The van der Waals surface area contributed by atoms with Gasteiger partial charge in [0.15, 0.2) is 0 Å². The highest BCUT2D eigenvalue weighted by molar-refractivity contribution is 7.71. The minimum absolute atomic E-state index is 0.0560. The first-order valence-corrected chi connectivity index (χ1v) is 7.14. The lowest BCUT2D eigenvalue weighted by molar-refractivity contribution is -0.144. The first kappa shape index (κ1) is 14.3. The van der Waals surface area contributed by atoms with E-state index in [1.165, 1.54) is 12.5 Å². The van der Waals surface area contributed by atoms with Crippen LogP contribution in [0.5, 0.6) is 0 Å². The maximum absolute atomic E-state index is 12.9. The first-order chi connectivity index (χ1) is 9.95. The van der Waals surface area contributed by atoms with Crippen molar-refractivity contribution in [3.05, 3.63) is 46.4 Å². The molecule has 1 saturated carbocycles. The van der Waals surface area contributed by atoms with Gasteiger partial charge in [0.1, 0.15) is 4.64 Å². The highest BCUT2D eigenvalue weighted by atomic mass is 32.1. The molecule has 1 aromatic carbocycles. The van der Waals surface area contributed by atoms with E-state index in [-0.39, 0.29) is 4.64 Å². The fraction of sp³-hybridized carbons (Fsp3) is 0.333. The Morgan fingerprint density at radius 1 is 1.19 bits per heavy atom. The van der Waals surface area contributed by atoms with Crippen LogP contribution in [0.15, 0.2) is 30.3 Å². The minimum atomic E-state index is -4.53. The molecule has 21 heavy (non-hydrogen) atoms. The van der Waals surface area contributed by atoms with Crippen molar-refractivity contribution in [3.8, 4) is 11.3 Å². The van der Waals surface area contributed by atoms with E-state index in [0.717, 1.165) is 24.0 Å². The number of rotatable bonds is 2. The predicted octanol–water partition coefficient (Wildman–Crippen LogP) is 5.09. The molecule has 1 aliphatic rings. The SMILES string of the molecule is FC(F)(F)c1nc(=S)cc(-c2ccccc2C2CCC2)[nH]1. The normalized spacial score (nSPS) is 15.8. The number of hydrogen-bond acceptors (Lipinski definition) is 2. The minimum Gasteiger partial charge on any atom is -0.335 e. The third-order valence-corrected chi connectivity index (χ3v) is 4.02. The summed E-state index contributed by atoms with van der Waals surface area (Å²) in [5, 5.41) is 0. The Morgan fingerprint density at radius 2 is 1.90 bits per heavy atom. The van der Waals surface area contributed by atoms with E-state index < -0.39 is 12.0 Å². The van der Waals surface area contributed by atoms with Gasteiger partial charge in [0, 0.05) is 5.56 Å². The molecule has 1 aromatic heterocycles. The fourth-order valence-electron chi connectivity index (χ4n) is 2.55. The second-order valence-electron chi connectivity index (χ2n) is 5.19. The number of H-pyrrole nitrogens is 1. The van der Waals surface area contributed by atoms with E-state index in [1.807, 2.05) is 24.3 Å². The van der Waals surface area contributed by atoms with Crippen LogP contribution in [-0.4, -0.2) is 9.97 Å². The van der Waals surface area contributed by atoms with E-state index >= 15 is 0 Å². The Hall–Kier alpha value is -1.69. The summed E-state index contributed by atoms with van der Waals surface area (Å²) in [6.45, 7) is 0. The lowest BCUT2D eigenvalue weighted by Gasteiger charge is -2.28. The molecule has 1 fully saturated rings. The molecule has 0 spiro atoms. The maximum Gasteiger partial charge on any atom is 0.449 e. The Kier molecular flexibility index (Phi) is 3.57. The van der Waals surface area contributed by atoms with Gasteiger partial charge in [-0.25, -0.2) is 4.98 Å². The van der Waals surface area contributed by atoms with Crippen molar-refractivity contribution in [1.29, 1.82) is 0 Å². The van der Waals surface area contributed by atoms with Crippen LogP contribution in [0.3, 0.4) is 0 Å². The molecule has 1 aliphatic carbocycles. The number of benzene rings is 1. The van der Waals surface area contributed by atoms with Crippen molar-refractivity contribution in [2.45, 2.75) is 31.4 Å². The zero-order valence-electron chi connectivity index (χ0n) is 11.1. The molecule has 110 valence electrons. The Morgan fingerprint density at radius 3 is 2.52 bits per heavy atom. The second-order valence-corrected chi connectivity index (χ2v) is 5.61. The van der Waals surface area contributed by atoms with E-state index in [4.69, 9.17) is 12.2 Å². The fourth-order valence-corrected chi connectivity index (χ4v) is 2.76. The highest BCUT2D eigenvalue weighted by Gasteiger charge is 2.34. The molecule has 6 heteroatoms. The van der Waals surface area contributed by atoms with Gasteiger partial charge in [0.2, 0.25) is 5.82 Å². The summed E-state index contributed by atoms with van der Waals surface area (Å²) in [6.07, 6.45) is -1.21. The smallest absolute Gasteiger partial charge is 0.335 e. The quantitative estimate of drug-likeness (QED) is 0.782. The summed E-state index contributed by atoms with van der Waals surface area (Å²) >= 11 is 4.88. The zero-order valence-corrected chi connectivity index (χ0v) is 11.9. The molecule has 0 radical (unpaired) electrons. The molecule has 0 saturated heterocycles. The molecule has 1 heterocycles. The molecule has 0 bridgehead atoms. The van der Waals surface area contributed by atoms with Crippen molar-refractivity contribution in [2.24, 2.45) is 0 Å². The zero-order chi connectivity index (χ0) is 15.0. The van der Waals surface area contributed by atoms with E-state index in [1.54, 1.807) is 0 Å². The van der Waals surface area contributed by atoms with Crippen LogP contribution >= 0.6 is 12.2 Å². The summed E-state index contributed by atoms with van der Waals surface area (Å²) in [5.74, 6) is -0.626. The van der Waals surface area contributed by atoms with Gasteiger partial charge < -0.3 is 4.98 Å². The second kappa shape index (κ2) is 5.26. The van der Waals surface area contributed by atoms with Crippen LogP contribution in [-0.2, 0) is 6.18 Å². The molecule has 3 rings (SSSR count). The largest absolute Gasteiger partial charge is 0.449 e. The predicted molar refractivity (Wildman–Crippen MR) is 76.5 cm³/mol. The number of alkyl halides is 3. The summed E-state index contributed by atoms with van der Waals surface area (Å²) in [6, 6.07) is 9.03. The van der Waals surface area contributed by atoms with Crippen molar-refractivity contribution >= 4 is 12.2 Å². The van der Waals surface area contributed by atoms with E-state index in [2.05, 4.69) is 9.97 Å². The van der Waals surface area contributed by atoms with Crippen LogP contribution in [0.4, 0.5) is 13.2 Å². The van der Waals surface area contributed by atoms with Gasteiger partial charge >= 0.3 is 6.18 Å². The lowest BCUT2D eigenvalue weighted by atomic mass is 9.78. The number of nitrogens with one attached hydrogen (secondary N) is 1. The van der Waals surface area contributed by atoms with Crippen molar-refractivity contribution < 1.29 is 13.2 Å². The number of aromatic amines is 1. The van der Waals surface area contributed by atoms with E-state index in [9.17, 15) is 13.2 Å². The average molecular weight is 310 g/mol. The van der Waals surface area contributed by atoms with E-state index in [0.29, 0.717) is 11.6 Å². The molecule has 0 amide bonds. The third kappa shape index (κ3) is 2.85. The lowest BCUT2D eigenvalue weighted by Crippen LogP contribution is -2.13. The van der Waals surface area contributed by atoms with Crippen LogP contribution < -0.4 is 0 Å². The average Bonchev–Trinajstić information content (AvgIpc) is 2.35. The number of nitrogens with zero attached hydrogens (tertiary/aromatic N) is 1. The maximum atomic E-state index is 12.9. The van der Waals surface area contributed by atoms with Gasteiger partial charge in [0.25, 0.3) is 0 Å². The van der Waals surface area contributed by atoms with Crippen LogP contribution in [0.2, 0.25) is 0 Å². The van der Waals surface area contributed by atoms with Gasteiger partial charge in [-0.2, -0.15) is 13.2 Å². The third-order valence-electron chi connectivity index (χ3n) is 3.81. The summed E-state index contributed by atoms with van der Waals surface area (Å²) < 4.78 is 38.5. The van der Waals surface area contributed by atoms with Crippen LogP contribution in [0.1, 0.15) is 36.6 Å². The number of halogens is 3. The molecular formula is C15H13F3N2S. The van der Waals surface area contributed by atoms with Crippen molar-refractivity contribution in [2.75, 3.05) is 0 Å². The highest BCUT2D eigenvalue weighted by Crippen LogP contribution is 2.41. The Labute approximate surface area is 125 Å². The molecular weight excluding hydrogens is 297 g/mol. The molecule has 2 aromatic rings. The van der Waals surface area contributed by atoms with Crippen molar-refractivity contribution in [3.63, 3.8) is 0 Å². The molecule has 2 nitrogen and oxygen atoms in total. The van der Waals surface area contributed by atoms with Crippen molar-refractivity contribution in [1.82, 2.24) is 9.97 Å². The first-order valence-electron chi connectivity index (χ1n) is 6.73. The topological polar surface area (TPSA) is 28.7 Å². The molecule has 0 unspecified atom stereocenters. The number of aromatic nitrogens is 2. The standard InChI is InChI=1S/C15H13F3N2S/c16-15(17,18)14-19-12(8-13(21)20-14)11-7-2-1-6-10(11)9-4-3-5-9/h1-2,6-9H,3-5H2,(H,19,20,21). The van der Waals surface area contributed by atoms with Gasteiger partial charge in [-0.15, -0.1) is 0 Å². The molecule has 0 aliphatic heterocycles. The van der Waals surface area contributed by atoms with Crippen LogP contribution in [0.25, 0.3) is 11.3 Å². The van der Waals surface area contributed by atoms with Gasteiger partial charge in [0.05, 0.1) is 5.69 Å². The Balaban J connectivity index is 2.13. The number of hydrogen-bond donors (Lipinski definition) is 1. The monoisotopic (exact) mass is 310 g/mol. The molecule has 1 N–H and O–H groups in total. The summed E-state index contributed by atoms with van der Waals surface area (Å²) in [5.41, 5.74) is 2.24. The molecule has 0 atom stereocenters. The van der Waals surface area contributed by atoms with Crippen LogP contribution in [0, 0.1) is 4.64 Å². The van der Waals surface area contributed by atoms with Gasteiger partial charge in [-0.05, 0) is 30.4 Å². The van der Waals surface area contributed by atoms with Gasteiger partial charge in [-0.3, -0.25) is 0 Å².